The second kappa shape index (κ2) is 3.08. The van der Waals surface area contributed by atoms with Gasteiger partial charge in [0, 0.05) is 12.2 Å². The maximum Gasteiger partial charge on any atom is 0.298 e. The predicted octanol–water partition coefficient (Wildman–Crippen LogP) is 1.96. The van der Waals surface area contributed by atoms with Crippen molar-refractivity contribution < 1.29 is 22.4 Å². The molecule has 14 heavy (non-hydrogen) atoms. The standard InChI is InChI=1S/C7H4BrF4NO/c8-4-2-6(9,10)3(5(13)14)1-7(4,11)12/h1-2H,(H2,13,14). The Balaban J connectivity index is 3.25. The number of allylic oxidation sites excluding steroid dienone is 3. The van der Waals surface area contributed by atoms with Crippen molar-refractivity contribution in [2.45, 2.75) is 11.8 Å². The molecule has 0 aromatic rings. The van der Waals surface area contributed by atoms with Crippen molar-refractivity contribution in [1.29, 1.82) is 0 Å². The minimum absolute atomic E-state index is 0.0346. The van der Waals surface area contributed by atoms with Crippen LogP contribution < -0.4 is 5.73 Å². The number of hydrogen-bond donors (Lipinski definition) is 1. The Morgan fingerprint density at radius 3 is 2.14 bits per heavy atom. The Hall–Kier alpha value is -0.850. The van der Waals surface area contributed by atoms with Crippen molar-refractivity contribution in [3.8, 4) is 0 Å². The quantitative estimate of drug-likeness (QED) is 0.730. The summed E-state index contributed by atoms with van der Waals surface area (Å²) < 4.78 is 50.5. The minimum atomic E-state index is -3.76. The number of halogens is 5. The van der Waals surface area contributed by atoms with Gasteiger partial charge in [0.2, 0.25) is 0 Å². The Morgan fingerprint density at radius 1 is 1.21 bits per heavy atom. The third kappa shape index (κ3) is 1.82. The van der Waals surface area contributed by atoms with Gasteiger partial charge in [-0.15, -0.1) is 0 Å². The lowest BCUT2D eigenvalue weighted by Crippen LogP contribution is -2.35. The van der Waals surface area contributed by atoms with Crippen LogP contribution in [0.3, 0.4) is 0 Å². The zero-order chi connectivity index (χ0) is 11.1. The van der Waals surface area contributed by atoms with Crippen molar-refractivity contribution in [3.05, 3.63) is 22.2 Å². The van der Waals surface area contributed by atoms with Crippen LogP contribution in [0, 0.1) is 0 Å². The minimum Gasteiger partial charge on any atom is -0.366 e. The van der Waals surface area contributed by atoms with E-state index in [0.717, 1.165) is 0 Å². The van der Waals surface area contributed by atoms with Crippen LogP contribution in [0.4, 0.5) is 17.6 Å². The van der Waals surface area contributed by atoms with E-state index >= 15 is 0 Å². The highest BCUT2D eigenvalue weighted by Gasteiger charge is 2.47. The third-order valence-corrected chi connectivity index (χ3v) is 2.33. The highest BCUT2D eigenvalue weighted by Crippen LogP contribution is 2.42. The highest BCUT2D eigenvalue weighted by molar-refractivity contribution is 9.11. The largest absolute Gasteiger partial charge is 0.366 e. The predicted molar refractivity (Wildman–Crippen MR) is 44.2 cm³/mol. The molecule has 0 aromatic carbocycles. The molecule has 0 saturated heterocycles. The highest BCUT2D eigenvalue weighted by atomic mass is 79.9. The van der Waals surface area contributed by atoms with Crippen molar-refractivity contribution in [1.82, 2.24) is 0 Å². The van der Waals surface area contributed by atoms with E-state index < -0.39 is 27.8 Å². The van der Waals surface area contributed by atoms with E-state index in [0.29, 0.717) is 0 Å². The number of amides is 1. The summed E-state index contributed by atoms with van der Waals surface area (Å²) in [4.78, 5) is 10.5. The van der Waals surface area contributed by atoms with Crippen molar-refractivity contribution >= 4 is 21.8 Å². The van der Waals surface area contributed by atoms with Crippen LogP contribution in [-0.2, 0) is 4.79 Å². The number of carbonyl (C=O) groups excluding carboxylic acids is 1. The molecule has 1 amide bonds. The molecule has 0 saturated carbocycles. The summed E-state index contributed by atoms with van der Waals surface area (Å²) in [5, 5.41) is 0. The molecule has 0 heterocycles. The molecule has 78 valence electrons. The van der Waals surface area contributed by atoms with Gasteiger partial charge in [-0.3, -0.25) is 4.79 Å². The van der Waals surface area contributed by atoms with E-state index in [1.54, 1.807) is 0 Å². The van der Waals surface area contributed by atoms with Gasteiger partial charge in [0.25, 0.3) is 17.8 Å². The first-order chi connectivity index (χ1) is 6.17. The van der Waals surface area contributed by atoms with Gasteiger partial charge in [0.05, 0.1) is 10.1 Å². The number of hydrogen-bond acceptors (Lipinski definition) is 1. The molecule has 2 N–H and O–H groups in total. The van der Waals surface area contributed by atoms with Gasteiger partial charge in [-0.2, -0.15) is 17.6 Å². The number of primary amides is 1. The zero-order valence-corrected chi connectivity index (χ0v) is 8.12. The summed E-state index contributed by atoms with van der Waals surface area (Å²) in [6.45, 7) is 0. The van der Waals surface area contributed by atoms with Crippen molar-refractivity contribution in [2.24, 2.45) is 5.73 Å². The van der Waals surface area contributed by atoms with Crippen molar-refractivity contribution in [2.75, 3.05) is 0 Å². The fourth-order valence-electron chi connectivity index (χ4n) is 0.915. The van der Waals surface area contributed by atoms with Crippen LogP contribution >= 0.6 is 15.9 Å². The smallest absolute Gasteiger partial charge is 0.298 e. The Bertz CT molecular complexity index is 348. The molecule has 0 bridgehead atoms. The van der Waals surface area contributed by atoms with Crippen LogP contribution in [0.2, 0.25) is 0 Å². The topological polar surface area (TPSA) is 43.1 Å². The summed E-state index contributed by atoms with van der Waals surface area (Å²) in [7, 11) is 0. The van der Waals surface area contributed by atoms with Crippen molar-refractivity contribution in [3.63, 3.8) is 0 Å². The number of alkyl halides is 4. The monoisotopic (exact) mass is 273 g/mol. The molecule has 1 aliphatic rings. The van der Waals surface area contributed by atoms with E-state index in [1.165, 1.54) is 0 Å². The molecular formula is C7H4BrF4NO. The van der Waals surface area contributed by atoms with Crippen LogP contribution in [0.25, 0.3) is 0 Å². The summed E-state index contributed by atoms with van der Waals surface area (Å²) in [5.74, 6) is -8.94. The summed E-state index contributed by atoms with van der Waals surface area (Å²) >= 11 is 2.30. The van der Waals surface area contributed by atoms with E-state index in [4.69, 9.17) is 0 Å². The van der Waals surface area contributed by atoms with Gasteiger partial charge >= 0.3 is 0 Å². The van der Waals surface area contributed by atoms with Gasteiger partial charge in [0.15, 0.2) is 0 Å². The normalized spacial score (nSPS) is 23.8. The fourth-order valence-corrected chi connectivity index (χ4v) is 1.32. The average molecular weight is 274 g/mol. The van der Waals surface area contributed by atoms with Crippen LogP contribution in [0.15, 0.2) is 22.2 Å². The number of nitrogens with two attached hydrogens (primary N) is 1. The van der Waals surface area contributed by atoms with Gasteiger partial charge in [-0.25, -0.2) is 0 Å². The average Bonchev–Trinajstić information content (AvgIpc) is 1.96. The maximum atomic E-state index is 12.9. The first-order valence-electron chi connectivity index (χ1n) is 3.34. The second-order valence-corrected chi connectivity index (χ2v) is 3.51. The van der Waals surface area contributed by atoms with E-state index in [1.807, 2.05) is 0 Å². The van der Waals surface area contributed by atoms with E-state index in [-0.39, 0.29) is 12.2 Å². The SMILES string of the molecule is NC(=O)C1=CC(F)(F)C(Br)=CC1(F)F. The van der Waals surface area contributed by atoms with Gasteiger partial charge in [-0.1, -0.05) is 0 Å². The van der Waals surface area contributed by atoms with E-state index in [2.05, 4.69) is 21.7 Å². The van der Waals surface area contributed by atoms with Gasteiger partial charge < -0.3 is 5.73 Å². The Morgan fingerprint density at radius 2 is 1.71 bits per heavy atom. The summed E-state index contributed by atoms with van der Waals surface area (Å²) in [6, 6.07) is 0. The molecule has 1 rings (SSSR count). The molecule has 0 radical (unpaired) electrons. The Labute approximate surface area is 84.6 Å². The van der Waals surface area contributed by atoms with E-state index in [9.17, 15) is 22.4 Å². The third-order valence-electron chi connectivity index (χ3n) is 1.58. The van der Waals surface area contributed by atoms with Crippen LogP contribution in [0.1, 0.15) is 0 Å². The summed E-state index contributed by atoms with van der Waals surface area (Å²) in [6.07, 6.45) is -0.174. The number of carbonyl (C=O) groups is 1. The van der Waals surface area contributed by atoms with Crippen LogP contribution in [0.5, 0.6) is 0 Å². The molecule has 1 aliphatic carbocycles. The molecule has 7 heteroatoms. The van der Waals surface area contributed by atoms with Gasteiger partial charge in [0.1, 0.15) is 0 Å². The first-order valence-corrected chi connectivity index (χ1v) is 4.14. The summed E-state index contributed by atoms with van der Waals surface area (Å²) in [5.41, 5.74) is 3.15. The molecule has 0 unspecified atom stereocenters. The fraction of sp³-hybridized carbons (Fsp3) is 0.286. The molecule has 0 atom stereocenters. The number of rotatable bonds is 1. The second-order valence-electron chi connectivity index (χ2n) is 2.66. The molecule has 0 spiro atoms. The van der Waals surface area contributed by atoms with Gasteiger partial charge in [-0.05, 0) is 15.9 Å². The maximum absolute atomic E-state index is 12.9. The molecule has 0 fully saturated rings. The molecular weight excluding hydrogens is 270 g/mol. The first kappa shape index (κ1) is 11.2. The Kier molecular flexibility index (Phi) is 2.47. The zero-order valence-electron chi connectivity index (χ0n) is 6.53. The molecule has 0 aliphatic heterocycles. The lowest BCUT2D eigenvalue weighted by molar-refractivity contribution is -0.117. The van der Waals surface area contributed by atoms with Crippen LogP contribution in [-0.4, -0.2) is 17.8 Å². The lowest BCUT2D eigenvalue weighted by atomic mass is 9.99. The molecule has 2 nitrogen and oxygen atoms in total. The molecule has 0 aromatic heterocycles. The lowest BCUT2D eigenvalue weighted by Gasteiger charge is -2.23.